The zero-order valence-electron chi connectivity index (χ0n) is 25.3. The molecule has 2 aromatic heterocycles. The molecule has 0 saturated carbocycles. The van der Waals surface area contributed by atoms with E-state index >= 15 is 0 Å². The third-order valence-electron chi connectivity index (χ3n) is 6.43. The molecule has 46 heavy (non-hydrogen) atoms. The molecule has 2 N–H and O–H groups in total. The topological polar surface area (TPSA) is 152 Å². The number of ether oxygens (including phenoxy) is 1. The number of aromatic nitrogens is 4. The number of aryl methyl sites for hydroxylation is 2. The number of amides is 4. The highest BCUT2D eigenvalue weighted by Gasteiger charge is 2.44. The lowest BCUT2D eigenvalue weighted by Gasteiger charge is -2.10. The van der Waals surface area contributed by atoms with Crippen LogP contribution in [0.5, 0.6) is 5.75 Å². The van der Waals surface area contributed by atoms with E-state index in [1.807, 2.05) is 6.92 Å². The number of hydrogen-bond donors (Lipinski definition) is 2. The van der Waals surface area contributed by atoms with Crippen molar-refractivity contribution in [2.45, 2.75) is 45.6 Å². The van der Waals surface area contributed by atoms with Gasteiger partial charge >= 0.3 is 30.4 Å². The molecule has 2 atom stereocenters. The number of rotatable bonds is 5. The van der Waals surface area contributed by atoms with Gasteiger partial charge in [-0.2, -0.15) is 36.5 Å². The van der Waals surface area contributed by atoms with Gasteiger partial charge in [0, 0.05) is 33.3 Å². The zero-order valence-corrected chi connectivity index (χ0v) is 25.3. The first-order valence-corrected chi connectivity index (χ1v) is 13.3. The van der Waals surface area contributed by atoms with E-state index in [1.165, 1.54) is 14.0 Å². The second kappa shape index (κ2) is 14.8. The second-order valence-electron chi connectivity index (χ2n) is 9.76. The lowest BCUT2D eigenvalue weighted by atomic mass is 10.1. The number of likely N-dealkylation sites (N-methyl/N-ethyl adjacent to an activating group) is 1. The molecule has 1 fully saturated rings. The number of imide groups is 1. The first-order chi connectivity index (χ1) is 21.2. The molecule has 19 heteroatoms. The van der Waals surface area contributed by atoms with Gasteiger partial charge in [0.05, 0.1) is 5.92 Å². The molecule has 1 aliphatic rings. The fourth-order valence-electron chi connectivity index (χ4n) is 3.50. The average Bonchev–Trinajstić information content (AvgIpc) is 3.59. The van der Waals surface area contributed by atoms with Gasteiger partial charge in [0.2, 0.25) is 0 Å². The van der Waals surface area contributed by atoms with Crippen LogP contribution >= 0.6 is 0 Å². The van der Waals surface area contributed by atoms with Gasteiger partial charge in [-0.05, 0) is 25.5 Å². The van der Waals surface area contributed by atoms with Crippen molar-refractivity contribution in [1.29, 1.82) is 0 Å². The third kappa shape index (κ3) is 9.45. The molecule has 3 heterocycles. The van der Waals surface area contributed by atoms with Crippen LogP contribution in [0.2, 0.25) is 0 Å². The molecule has 0 spiro atoms. The lowest BCUT2D eigenvalue weighted by molar-refractivity contribution is -0.144. The number of alkyl halides is 6. The predicted molar refractivity (Wildman–Crippen MR) is 150 cm³/mol. The molecule has 4 amide bonds. The minimum atomic E-state index is -4.59. The quantitative estimate of drug-likeness (QED) is 0.272. The Morgan fingerprint density at radius 2 is 1.48 bits per heavy atom. The summed E-state index contributed by atoms with van der Waals surface area (Å²) < 4.78 is 81.6. The van der Waals surface area contributed by atoms with Crippen LogP contribution in [0.25, 0.3) is 0 Å². The highest BCUT2D eigenvalue weighted by Crippen LogP contribution is 2.33. The first kappa shape index (κ1) is 37.1. The molecule has 0 unspecified atom stereocenters. The number of para-hydroxylation sites is 1. The van der Waals surface area contributed by atoms with Gasteiger partial charge in [0.1, 0.15) is 23.2 Å². The molecule has 0 aliphatic carbocycles. The van der Waals surface area contributed by atoms with Crippen molar-refractivity contribution in [2.24, 2.45) is 20.0 Å². The van der Waals surface area contributed by atoms with Crippen molar-refractivity contribution >= 4 is 35.6 Å². The van der Waals surface area contributed by atoms with Crippen LogP contribution < -0.4 is 15.0 Å². The van der Waals surface area contributed by atoms with Crippen LogP contribution in [0.3, 0.4) is 0 Å². The molecular formula is C27H31F6N7O6. The highest BCUT2D eigenvalue weighted by molar-refractivity contribution is 6.20. The van der Waals surface area contributed by atoms with Crippen molar-refractivity contribution < 1.29 is 55.4 Å². The van der Waals surface area contributed by atoms with Gasteiger partial charge in [-0.3, -0.25) is 24.3 Å². The summed E-state index contributed by atoms with van der Waals surface area (Å²) in [5, 5.41) is 17.4. The largest absolute Gasteiger partial charge is 0.481 e. The fourth-order valence-corrected chi connectivity index (χ4v) is 3.50. The highest BCUT2D eigenvalue weighted by atomic mass is 19.4. The molecule has 3 aromatic rings. The number of aliphatic carboxylic acids is 1. The van der Waals surface area contributed by atoms with E-state index in [4.69, 9.17) is 9.84 Å². The summed E-state index contributed by atoms with van der Waals surface area (Å²) in [6.07, 6.45) is -9.33. The van der Waals surface area contributed by atoms with Gasteiger partial charge < -0.3 is 14.7 Å². The van der Waals surface area contributed by atoms with E-state index in [1.54, 1.807) is 37.3 Å². The van der Waals surface area contributed by atoms with Crippen molar-refractivity contribution in [1.82, 2.24) is 24.5 Å². The molecule has 0 radical (unpaired) electrons. The average molecular weight is 664 g/mol. The maximum absolute atomic E-state index is 12.6. The number of carbonyl (C=O) groups is 4. The summed E-state index contributed by atoms with van der Waals surface area (Å²) in [6.45, 7) is 5.05. The van der Waals surface area contributed by atoms with Crippen LogP contribution in [0, 0.1) is 5.92 Å². The molecule has 1 saturated heterocycles. The molecule has 0 bridgehead atoms. The summed E-state index contributed by atoms with van der Waals surface area (Å²) in [6, 6.07) is 8.13. The summed E-state index contributed by atoms with van der Waals surface area (Å²) in [4.78, 5) is 46.8. The fraction of sp³-hybridized carbons (Fsp3) is 0.407. The summed E-state index contributed by atoms with van der Waals surface area (Å²) in [5.74, 6) is -1.76. The van der Waals surface area contributed by atoms with Crippen LogP contribution in [0.4, 0.5) is 47.6 Å². The zero-order chi connectivity index (χ0) is 35.1. The maximum Gasteiger partial charge on any atom is 0.433 e. The number of carboxylic acids is 1. The van der Waals surface area contributed by atoms with Crippen LogP contribution in [0.1, 0.15) is 38.6 Å². The van der Waals surface area contributed by atoms with Gasteiger partial charge in [0.15, 0.2) is 11.6 Å². The summed E-state index contributed by atoms with van der Waals surface area (Å²) in [5.41, 5.74) is -1.99. The summed E-state index contributed by atoms with van der Waals surface area (Å²) >= 11 is 0. The number of halogens is 6. The normalized spacial score (nSPS) is 15.4. The number of anilines is 2. The molecule has 13 nitrogen and oxygen atoms in total. The Balaban J connectivity index is 0.000000267. The van der Waals surface area contributed by atoms with Crippen LogP contribution in [-0.2, 0) is 36.0 Å². The van der Waals surface area contributed by atoms with E-state index in [2.05, 4.69) is 15.5 Å². The third-order valence-corrected chi connectivity index (χ3v) is 6.43. The monoisotopic (exact) mass is 663 g/mol. The van der Waals surface area contributed by atoms with Gasteiger partial charge in [-0.15, -0.1) is 0 Å². The van der Waals surface area contributed by atoms with Gasteiger partial charge in [-0.25, -0.2) is 14.5 Å². The first-order valence-electron chi connectivity index (χ1n) is 13.3. The molecular weight excluding hydrogens is 632 g/mol. The van der Waals surface area contributed by atoms with Crippen molar-refractivity contribution in [3.63, 3.8) is 0 Å². The molecule has 252 valence electrons. The summed E-state index contributed by atoms with van der Waals surface area (Å²) in [7, 11) is 3.64. The van der Waals surface area contributed by atoms with Crippen LogP contribution in [-0.4, -0.2) is 66.7 Å². The van der Waals surface area contributed by atoms with Crippen molar-refractivity contribution in [3.8, 4) is 5.75 Å². The number of nitrogens with one attached hydrogen (secondary N) is 1. The lowest BCUT2D eigenvalue weighted by Crippen LogP contribution is -2.31. The number of urea groups is 1. The van der Waals surface area contributed by atoms with E-state index < -0.39 is 53.8 Å². The Hall–Kier alpha value is -5.10. The maximum atomic E-state index is 12.6. The van der Waals surface area contributed by atoms with Gasteiger partial charge in [0.25, 0.3) is 5.91 Å². The number of hydrogen-bond acceptors (Lipinski definition) is 7. The predicted octanol–water partition coefficient (Wildman–Crippen LogP) is 5.39. The molecule has 1 aromatic carbocycles. The number of carbonyl (C=O) groups excluding carboxylic acids is 3. The van der Waals surface area contributed by atoms with Crippen molar-refractivity contribution in [3.05, 3.63) is 53.9 Å². The Kier molecular flexibility index (Phi) is 11.9. The number of nitrogens with zero attached hydrogens (tertiary/aromatic N) is 6. The smallest absolute Gasteiger partial charge is 0.433 e. The Bertz CT molecular complexity index is 1520. The SMILES string of the molecule is CC[C@H](C)C(=O)O.C[C@@H]1C(=O)N(c2cc(C(F)(F)F)n(C)n2)C(=O)N1C.Cn1nc(NC(=O)Oc2ccccc2)cc1C(F)(F)F. The standard InChI is InChI=1S/C12H10F3N3O2.C10H11F3N4O2.C5H10O2/c1-18-9(12(13,14)15)7-10(17-18)16-11(19)20-8-5-3-2-4-6-8;1-5-8(18)17(9(19)15(5)2)7-4-6(10(11,12)13)16(3)14-7;1-3-4(2)5(6)7/h2-7H,1H3,(H,16,17,19);4-5H,1-3H3;4H,3H2,1-2H3,(H,6,7)/t;5-;4-/m.10/s1. The van der Waals surface area contributed by atoms with E-state index in [9.17, 15) is 45.5 Å². The Labute approximate surface area is 258 Å². The van der Waals surface area contributed by atoms with E-state index in [0.29, 0.717) is 20.3 Å². The minimum absolute atomic E-state index is 0.181. The minimum Gasteiger partial charge on any atom is -0.481 e. The second-order valence-corrected chi connectivity index (χ2v) is 9.76. The van der Waals surface area contributed by atoms with E-state index in [0.717, 1.165) is 31.5 Å². The van der Waals surface area contributed by atoms with Gasteiger partial charge in [-0.1, -0.05) is 32.0 Å². The van der Waals surface area contributed by atoms with Crippen molar-refractivity contribution in [2.75, 3.05) is 17.3 Å². The number of benzene rings is 1. The Morgan fingerprint density at radius 1 is 0.957 bits per heavy atom. The number of carboxylic acid groups (broad SMARTS) is 1. The van der Waals surface area contributed by atoms with E-state index in [-0.39, 0.29) is 23.3 Å². The van der Waals surface area contributed by atoms with Crippen LogP contribution in [0.15, 0.2) is 42.5 Å². The Morgan fingerprint density at radius 3 is 1.87 bits per heavy atom. The molecule has 4 rings (SSSR count). The molecule has 1 aliphatic heterocycles.